The number of nitrogens with one attached hydrogen (secondary N) is 1. The molecule has 0 fully saturated rings. The molecule has 1 amide bonds. The Bertz CT molecular complexity index is 984. The van der Waals surface area contributed by atoms with Gasteiger partial charge in [-0.15, -0.1) is 5.10 Å². The van der Waals surface area contributed by atoms with Crippen LogP contribution in [0.15, 0.2) is 53.6 Å². The summed E-state index contributed by atoms with van der Waals surface area (Å²) in [5.74, 6) is 0.530. The quantitative estimate of drug-likeness (QED) is 0.741. The predicted molar refractivity (Wildman–Crippen MR) is 97.0 cm³/mol. The van der Waals surface area contributed by atoms with Gasteiger partial charge in [-0.2, -0.15) is 5.10 Å². The first kappa shape index (κ1) is 17.7. The lowest BCUT2D eigenvalue weighted by atomic mass is 10.2. The maximum absolute atomic E-state index is 12.5. The number of carbonyl (C=O) groups is 1. The highest BCUT2D eigenvalue weighted by atomic mass is 35.5. The number of halogens is 1. The van der Waals surface area contributed by atoms with Crippen LogP contribution in [-0.2, 0) is 4.79 Å². The van der Waals surface area contributed by atoms with Gasteiger partial charge in [0.05, 0.1) is 12.1 Å². The van der Waals surface area contributed by atoms with Crippen LogP contribution in [0.5, 0.6) is 5.75 Å². The van der Waals surface area contributed by atoms with Crippen LogP contribution in [-0.4, -0.2) is 32.6 Å². The summed E-state index contributed by atoms with van der Waals surface area (Å²) in [6.45, 7) is 1.59. The standard InChI is InChI=1S/C17H16ClN5O3/c1-11(17(25)20-12-4-5-14(26-2)13(18)10-12)23-16(24)7-6-15(21-23)22-9-3-8-19-22/h3-11H,1-2H3,(H,20,25). The number of nitrogens with zero attached hydrogens (tertiary/aromatic N) is 4. The highest BCUT2D eigenvalue weighted by molar-refractivity contribution is 6.32. The first-order valence-electron chi connectivity index (χ1n) is 7.74. The van der Waals surface area contributed by atoms with E-state index < -0.39 is 17.5 Å². The van der Waals surface area contributed by atoms with Gasteiger partial charge < -0.3 is 10.1 Å². The lowest BCUT2D eigenvalue weighted by Crippen LogP contribution is -2.33. The number of anilines is 1. The van der Waals surface area contributed by atoms with E-state index in [4.69, 9.17) is 16.3 Å². The zero-order chi connectivity index (χ0) is 18.7. The summed E-state index contributed by atoms with van der Waals surface area (Å²) < 4.78 is 7.69. The van der Waals surface area contributed by atoms with E-state index in [9.17, 15) is 9.59 Å². The molecule has 1 unspecified atom stereocenters. The largest absolute Gasteiger partial charge is 0.495 e. The molecule has 0 aliphatic heterocycles. The fraction of sp³-hybridized carbons (Fsp3) is 0.176. The van der Waals surface area contributed by atoms with Gasteiger partial charge in [0.25, 0.3) is 5.56 Å². The summed E-state index contributed by atoms with van der Waals surface area (Å²) in [7, 11) is 1.51. The third kappa shape index (κ3) is 3.60. The van der Waals surface area contributed by atoms with Crippen molar-refractivity contribution in [2.45, 2.75) is 13.0 Å². The van der Waals surface area contributed by atoms with Crippen molar-refractivity contribution in [3.63, 3.8) is 0 Å². The monoisotopic (exact) mass is 373 g/mol. The molecule has 0 aliphatic carbocycles. The second-order valence-electron chi connectivity index (χ2n) is 5.44. The summed E-state index contributed by atoms with van der Waals surface area (Å²) in [6, 6.07) is 8.66. The molecule has 0 saturated carbocycles. The fourth-order valence-corrected chi connectivity index (χ4v) is 2.58. The Morgan fingerprint density at radius 2 is 2.12 bits per heavy atom. The van der Waals surface area contributed by atoms with E-state index >= 15 is 0 Å². The Morgan fingerprint density at radius 3 is 2.77 bits per heavy atom. The molecule has 0 spiro atoms. The minimum atomic E-state index is -0.834. The molecular formula is C17H16ClN5O3. The summed E-state index contributed by atoms with van der Waals surface area (Å²) in [5, 5.41) is 11.4. The second-order valence-corrected chi connectivity index (χ2v) is 5.85. The van der Waals surface area contributed by atoms with Crippen LogP contribution in [0.1, 0.15) is 13.0 Å². The van der Waals surface area contributed by atoms with E-state index in [1.165, 1.54) is 17.9 Å². The molecule has 1 aromatic carbocycles. The molecule has 0 bridgehead atoms. The van der Waals surface area contributed by atoms with Gasteiger partial charge >= 0.3 is 0 Å². The van der Waals surface area contributed by atoms with Gasteiger partial charge in [0.1, 0.15) is 11.8 Å². The number of hydrogen-bond acceptors (Lipinski definition) is 5. The van der Waals surface area contributed by atoms with Crippen molar-refractivity contribution in [1.29, 1.82) is 0 Å². The van der Waals surface area contributed by atoms with Crippen LogP contribution >= 0.6 is 11.6 Å². The number of ether oxygens (including phenoxy) is 1. The Hall–Kier alpha value is -3.13. The minimum Gasteiger partial charge on any atom is -0.495 e. The maximum Gasteiger partial charge on any atom is 0.267 e. The van der Waals surface area contributed by atoms with Crippen molar-refractivity contribution in [3.8, 4) is 11.6 Å². The number of methoxy groups -OCH3 is 1. The van der Waals surface area contributed by atoms with Crippen molar-refractivity contribution in [3.05, 3.63) is 64.2 Å². The van der Waals surface area contributed by atoms with E-state index in [0.29, 0.717) is 22.3 Å². The highest BCUT2D eigenvalue weighted by Crippen LogP contribution is 2.27. The number of rotatable bonds is 5. The van der Waals surface area contributed by atoms with Crippen LogP contribution in [0.4, 0.5) is 5.69 Å². The van der Waals surface area contributed by atoms with E-state index in [1.54, 1.807) is 49.6 Å². The Morgan fingerprint density at radius 1 is 1.31 bits per heavy atom. The van der Waals surface area contributed by atoms with Crippen LogP contribution in [0.3, 0.4) is 0 Å². The molecule has 3 aromatic rings. The first-order chi connectivity index (χ1) is 12.5. The lowest BCUT2D eigenvalue weighted by Gasteiger charge is -2.15. The number of aromatic nitrogens is 4. The smallest absolute Gasteiger partial charge is 0.267 e. The molecule has 0 radical (unpaired) electrons. The van der Waals surface area contributed by atoms with Gasteiger partial charge in [0.2, 0.25) is 5.91 Å². The van der Waals surface area contributed by atoms with Gasteiger partial charge in [0, 0.05) is 24.1 Å². The van der Waals surface area contributed by atoms with Crippen LogP contribution in [0.2, 0.25) is 5.02 Å². The van der Waals surface area contributed by atoms with Gasteiger partial charge in [-0.05, 0) is 37.3 Å². The second kappa shape index (κ2) is 7.40. The molecule has 1 N–H and O–H groups in total. The van der Waals surface area contributed by atoms with E-state index in [-0.39, 0.29) is 0 Å². The van der Waals surface area contributed by atoms with Crippen LogP contribution in [0, 0.1) is 0 Å². The van der Waals surface area contributed by atoms with Gasteiger partial charge in [0.15, 0.2) is 5.82 Å². The molecule has 9 heteroatoms. The average molecular weight is 374 g/mol. The number of hydrogen-bond donors (Lipinski definition) is 1. The number of carbonyl (C=O) groups excluding carboxylic acids is 1. The van der Waals surface area contributed by atoms with Gasteiger partial charge in [-0.1, -0.05) is 11.6 Å². The SMILES string of the molecule is COc1ccc(NC(=O)C(C)n2nc(-n3cccn3)ccc2=O)cc1Cl. The molecule has 0 saturated heterocycles. The molecule has 0 aliphatic rings. The topological polar surface area (TPSA) is 91.0 Å². The Labute approximate surface area is 154 Å². The van der Waals surface area contributed by atoms with Crippen molar-refractivity contribution < 1.29 is 9.53 Å². The molecule has 2 aromatic heterocycles. The molecule has 8 nitrogen and oxygen atoms in total. The third-order valence-corrected chi connectivity index (χ3v) is 4.01. The molecule has 134 valence electrons. The maximum atomic E-state index is 12.5. The predicted octanol–water partition coefficient (Wildman–Crippen LogP) is 2.29. The molecular weight excluding hydrogens is 358 g/mol. The van der Waals surface area contributed by atoms with Crippen molar-refractivity contribution in [1.82, 2.24) is 19.6 Å². The molecule has 3 rings (SSSR count). The fourth-order valence-electron chi connectivity index (χ4n) is 2.32. The average Bonchev–Trinajstić information content (AvgIpc) is 3.16. The van der Waals surface area contributed by atoms with E-state index in [2.05, 4.69) is 15.5 Å². The van der Waals surface area contributed by atoms with E-state index in [1.807, 2.05) is 0 Å². The summed E-state index contributed by atoms with van der Waals surface area (Å²) >= 11 is 6.06. The molecule has 2 heterocycles. The van der Waals surface area contributed by atoms with Crippen LogP contribution in [0.25, 0.3) is 5.82 Å². The third-order valence-electron chi connectivity index (χ3n) is 3.72. The summed E-state index contributed by atoms with van der Waals surface area (Å²) in [6.07, 6.45) is 3.29. The zero-order valence-corrected chi connectivity index (χ0v) is 14.8. The van der Waals surface area contributed by atoms with Gasteiger partial charge in [-0.3, -0.25) is 9.59 Å². The Balaban J connectivity index is 1.83. The summed E-state index contributed by atoms with van der Waals surface area (Å²) in [5.41, 5.74) is 0.0975. The normalized spacial score (nSPS) is 11.8. The zero-order valence-electron chi connectivity index (χ0n) is 14.1. The van der Waals surface area contributed by atoms with Crippen LogP contribution < -0.4 is 15.6 Å². The lowest BCUT2D eigenvalue weighted by molar-refractivity contribution is -0.119. The highest BCUT2D eigenvalue weighted by Gasteiger charge is 2.19. The molecule has 1 atom stereocenters. The van der Waals surface area contributed by atoms with Crippen molar-refractivity contribution >= 4 is 23.2 Å². The van der Waals surface area contributed by atoms with Crippen molar-refractivity contribution in [2.24, 2.45) is 0 Å². The van der Waals surface area contributed by atoms with E-state index in [0.717, 1.165) is 4.68 Å². The number of benzene rings is 1. The number of amides is 1. The summed E-state index contributed by atoms with van der Waals surface area (Å²) in [4.78, 5) is 24.7. The van der Waals surface area contributed by atoms with Crippen molar-refractivity contribution in [2.75, 3.05) is 12.4 Å². The Kier molecular flexibility index (Phi) is 5.04. The molecule has 26 heavy (non-hydrogen) atoms. The van der Waals surface area contributed by atoms with Gasteiger partial charge in [-0.25, -0.2) is 9.36 Å². The first-order valence-corrected chi connectivity index (χ1v) is 8.11. The minimum absolute atomic E-state index is 0.369.